The molecule has 0 atom stereocenters. The van der Waals surface area contributed by atoms with Gasteiger partial charge >= 0.3 is 23.9 Å². The van der Waals surface area contributed by atoms with E-state index in [9.17, 15) is 19.2 Å². The highest BCUT2D eigenvalue weighted by Crippen LogP contribution is 2.13. The Morgan fingerprint density at radius 2 is 1.12 bits per heavy atom. The predicted octanol–water partition coefficient (Wildman–Crippen LogP) is 2.55. The van der Waals surface area contributed by atoms with Crippen LogP contribution in [0.25, 0.3) is 0 Å². The number of esters is 4. The Morgan fingerprint density at radius 1 is 0.688 bits per heavy atom. The topological polar surface area (TPSA) is 144 Å². The number of furan rings is 2. The standard InChI is InChI=1S/C21H17NO10/c1-27-20(25)16-8-6-12(31-16)10-29-18(23)14-4-3-5-15(22-14)19(24)30-11-13-7-9-17(32-13)21(26)28-2/h3-9H,10-11H2,1-2H3. The maximum atomic E-state index is 12.2. The van der Waals surface area contributed by atoms with Crippen LogP contribution in [0.15, 0.2) is 51.3 Å². The zero-order chi connectivity index (χ0) is 23.1. The third kappa shape index (κ3) is 5.39. The Hall–Kier alpha value is -4.41. The molecule has 3 rings (SSSR count). The van der Waals surface area contributed by atoms with Gasteiger partial charge in [0.2, 0.25) is 11.5 Å². The fraction of sp³-hybridized carbons (Fsp3) is 0.190. The molecule has 166 valence electrons. The van der Waals surface area contributed by atoms with E-state index >= 15 is 0 Å². The van der Waals surface area contributed by atoms with Crippen LogP contribution in [0.2, 0.25) is 0 Å². The fourth-order valence-electron chi connectivity index (χ4n) is 2.41. The van der Waals surface area contributed by atoms with Gasteiger partial charge in [0, 0.05) is 0 Å². The van der Waals surface area contributed by atoms with Crippen molar-refractivity contribution in [3.8, 4) is 0 Å². The van der Waals surface area contributed by atoms with E-state index in [1.54, 1.807) is 0 Å². The molecule has 0 aliphatic heterocycles. The molecule has 0 saturated carbocycles. The highest BCUT2D eigenvalue weighted by Gasteiger charge is 2.18. The van der Waals surface area contributed by atoms with Crippen LogP contribution in [0.3, 0.4) is 0 Å². The van der Waals surface area contributed by atoms with Gasteiger partial charge in [-0.05, 0) is 36.4 Å². The van der Waals surface area contributed by atoms with Gasteiger partial charge in [0.15, 0.2) is 0 Å². The number of nitrogens with zero attached hydrogens (tertiary/aromatic N) is 1. The van der Waals surface area contributed by atoms with Gasteiger partial charge in [-0.1, -0.05) is 6.07 Å². The summed E-state index contributed by atoms with van der Waals surface area (Å²) in [4.78, 5) is 51.1. The Bertz CT molecular complexity index is 1060. The summed E-state index contributed by atoms with van der Waals surface area (Å²) in [5.41, 5.74) is -0.268. The van der Waals surface area contributed by atoms with E-state index in [1.807, 2.05) is 0 Å². The molecule has 0 N–H and O–H groups in total. The van der Waals surface area contributed by atoms with Crippen LogP contribution in [-0.4, -0.2) is 43.1 Å². The van der Waals surface area contributed by atoms with Gasteiger partial charge in [-0.25, -0.2) is 24.2 Å². The highest BCUT2D eigenvalue weighted by atomic mass is 16.6. The number of rotatable bonds is 8. The molecular formula is C21H17NO10. The quantitative estimate of drug-likeness (QED) is 0.374. The zero-order valence-corrected chi connectivity index (χ0v) is 17.0. The lowest BCUT2D eigenvalue weighted by Gasteiger charge is -2.05. The van der Waals surface area contributed by atoms with Crippen molar-refractivity contribution < 1.29 is 47.0 Å². The van der Waals surface area contributed by atoms with Crippen LogP contribution >= 0.6 is 0 Å². The number of carbonyl (C=O) groups excluding carboxylic acids is 4. The molecule has 3 aromatic rings. The first-order valence-electron chi connectivity index (χ1n) is 9.06. The zero-order valence-electron chi connectivity index (χ0n) is 17.0. The van der Waals surface area contributed by atoms with Crippen LogP contribution < -0.4 is 0 Å². The van der Waals surface area contributed by atoms with Crippen molar-refractivity contribution in [2.75, 3.05) is 14.2 Å². The van der Waals surface area contributed by atoms with E-state index in [4.69, 9.17) is 18.3 Å². The molecule has 0 aliphatic carbocycles. The average Bonchev–Trinajstić information content (AvgIpc) is 3.50. The molecule has 0 saturated heterocycles. The lowest BCUT2D eigenvalue weighted by molar-refractivity contribution is 0.0425. The molecule has 0 unspecified atom stereocenters. The number of hydrogen-bond acceptors (Lipinski definition) is 11. The van der Waals surface area contributed by atoms with Crippen molar-refractivity contribution in [1.29, 1.82) is 0 Å². The van der Waals surface area contributed by atoms with E-state index in [0.717, 1.165) is 0 Å². The average molecular weight is 443 g/mol. The van der Waals surface area contributed by atoms with Crippen molar-refractivity contribution in [1.82, 2.24) is 4.98 Å². The van der Waals surface area contributed by atoms with Gasteiger partial charge < -0.3 is 27.8 Å². The normalized spacial score (nSPS) is 10.3. The molecule has 0 aromatic carbocycles. The monoisotopic (exact) mass is 443 g/mol. The minimum atomic E-state index is -0.815. The molecule has 3 aromatic heterocycles. The molecule has 0 bridgehead atoms. The Balaban J connectivity index is 1.56. The van der Waals surface area contributed by atoms with Crippen molar-refractivity contribution in [3.63, 3.8) is 0 Å². The van der Waals surface area contributed by atoms with E-state index in [0.29, 0.717) is 0 Å². The first-order chi connectivity index (χ1) is 15.4. The van der Waals surface area contributed by atoms with E-state index in [2.05, 4.69) is 14.5 Å². The highest BCUT2D eigenvalue weighted by molar-refractivity contribution is 5.91. The van der Waals surface area contributed by atoms with E-state index in [1.165, 1.54) is 56.7 Å². The SMILES string of the molecule is COC(=O)c1ccc(COC(=O)c2cccc(C(=O)OCc3ccc(C(=O)OC)o3)n2)o1. The van der Waals surface area contributed by atoms with E-state index in [-0.39, 0.29) is 47.6 Å². The number of carbonyl (C=O) groups is 4. The van der Waals surface area contributed by atoms with Gasteiger partial charge in [-0.2, -0.15) is 0 Å². The molecule has 0 radical (unpaired) electrons. The predicted molar refractivity (Wildman–Crippen MR) is 103 cm³/mol. The lowest BCUT2D eigenvalue weighted by atomic mass is 10.3. The second-order valence-corrected chi connectivity index (χ2v) is 6.08. The summed E-state index contributed by atoms with van der Waals surface area (Å²) in [6.07, 6.45) is 0. The van der Waals surface area contributed by atoms with Gasteiger partial charge in [0.05, 0.1) is 14.2 Å². The third-order valence-corrected chi connectivity index (χ3v) is 3.95. The van der Waals surface area contributed by atoms with Gasteiger partial charge in [0.1, 0.15) is 36.1 Å². The number of hydrogen-bond donors (Lipinski definition) is 0. The number of ether oxygens (including phenoxy) is 4. The van der Waals surface area contributed by atoms with Gasteiger partial charge in [-0.3, -0.25) is 0 Å². The summed E-state index contributed by atoms with van der Waals surface area (Å²) in [5.74, 6) is -2.57. The lowest BCUT2D eigenvalue weighted by Crippen LogP contribution is -2.12. The smallest absolute Gasteiger partial charge is 0.373 e. The van der Waals surface area contributed by atoms with Crippen molar-refractivity contribution >= 4 is 23.9 Å². The summed E-state index contributed by atoms with van der Waals surface area (Å²) < 4.78 is 29.6. The summed E-state index contributed by atoms with van der Waals surface area (Å²) >= 11 is 0. The minimum Gasteiger partial charge on any atom is -0.463 e. The first-order valence-corrected chi connectivity index (χ1v) is 9.06. The van der Waals surface area contributed by atoms with Crippen molar-refractivity contribution in [2.24, 2.45) is 0 Å². The molecule has 11 nitrogen and oxygen atoms in total. The van der Waals surface area contributed by atoms with Crippen LogP contribution in [0.4, 0.5) is 0 Å². The van der Waals surface area contributed by atoms with Crippen molar-refractivity contribution in [2.45, 2.75) is 13.2 Å². The Morgan fingerprint density at radius 3 is 1.53 bits per heavy atom. The summed E-state index contributed by atoms with van der Waals surface area (Å²) in [6.45, 7) is -0.513. The van der Waals surface area contributed by atoms with Crippen molar-refractivity contribution in [3.05, 3.63) is 76.9 Å². The largest absolute Gasteiger partial charge is 0.463 e. The molecule has 0 aliphatic rings. The maximum Gasteiger partial charge on any atom is 0.373 e. The van der Waals surface area contributed by atoms with Crippen LogP contribution in [0.1, 0.15) is 53.6 Å². The second kappa shape index (κ2) is 10.1. The molecule has 11 heteroatoms. The van der Waals surface area contributed by atoms with Crippen LogP contribution in [-0.2, 0) is 32.2 Å². The first kappa shape index (κ1) is 22.3. The molecule has 0 amide bonds. The Labute approximate surface area is 180 Å². The minimum absolute atomic E-state index is 0.0309. The van der Waals surface area contributed by atoms with Crippen LogP contribution in [0.5, 0.6) is 0 Å². The molecule has 3 heterocycles. The Kier molecular flexibility index (Phi) is 7.01. The van der Waals surface area contributed by atoms with Crippen LogP contribution in [0, 0.1) is 0 Å². The maximum absolute atomic E-state index is 12.2. The molecule has 32 heavy (non-hydrogen) atoms. The third-order valence-electron chi connectivity index (χ3n) is 3.95. The van der Waals surface area contributed by atoms with E-state index < -0.39 is 23.9 Å². The number of methoxy groups -OCH3 is 2. The summed E-state index contributed by atoms with van der Waals surface area (Å²) in [7, 11) is 2.42. The van der Waals surface area contributed by atoms with Gasteiger partial charge in [0.25, 0.3) is 0 Å². The second-order valence-electron chi connectivity index (χ2n) is 6.08. The number of pyridine rings is 1. The molecule has 0 spiro atoms. The summed E-state index contributed by atoms with van der Waals surface area (Å²) in [6, 6.07) is 9.84. The number of aromatic nitrogens is 1. The molecular weight excluding hydrogens is 426 g/mol. The molecule has 0 fully saturated rings. The van der Waals surface area contributed by atoms with Gasteiger partial charge in [-0.15, -0.1) is 0 Å². The summed E-state index contributed by atoms with van der Waals surface area (Å²) in [5, 5.41) is 0. The fourth-order valence-corrected chi connectivity index (χ4v) is 2.41.